The lowest BCUT2D eigenvalue weighted by Crippen LogP contribution is -2.25. The van der Waals surface area contributed by atoms with Gasteiger partial charge in [0.05, 0.1) is 0 Å². The molecule has 0 radical (unpaired) electrons. The smallest absolute Gasteiger partial charge is 0.0398 e. The molecule has 0 saturated heterocycles. The molecule has 0 nitrogen and oxygen atoms in total. The van der Waals surface area contributed by atoms with E-state index in [1.54, 1.807) is 5.57 Å². The molecule has 2 aliphatic carbocycles. The lowest BCUT2D eigenvalue weighted by atomic mass is 9.71. The normalized spacial score (nSPS) is 26.7. The van der Waals surface area contributed by atoms with Gasteiger partial charge in [0.15, 0.2) is 0 Å². The SMILES string of the molecule is CC1(c2ccccc2)C2=C(C=CC(Br)C2)c2ccccc21. The summed E-state index contributed by atoms with van der Waals surface area (Å²) in [7, 11) is 0. The molecule has 0 N–H and O–H groups in total. The van der Waals surface area contributed by atoms with Gasteiger partial charge >= 0.3 is 0 Å². The van der Waals surface area contributed by atoms with Crippen LogP contribution in [-0.4, -0.2) is 4.83 Å². The van der Waals surface area contributed by atoms with Crippen LogP contribution in [0.1, 0.15) is 30.0 Å². The summed E-state index contributed by atoms with van der Waals surface area (Å²) in [6, 6.07) is 19.8. The average molecular weight is 337 g/mol. The van der Waals surface area contributed by atoms with Crippen molar-refractivity contribution >= 4 is 21.5 Å². The van der Waals surface area contributed by atoms with Crippen molar-refractivity contribution in [3.05, 3.63) is 89.0 Å². The van der Waals surface area contributed by atoms with Crippen molar-refractivity contribution in [2.75, 3.05) is 0 Å². The molecular weight excluding hydrogens is 320 g/mol. The van der Waals surface area contributed by atoms with E-state index < -0.39 is 0 Å². The molecule has 0 fully saturated rings. The summed E-state index contributed by atoms with van der Waals surface area (Å²) in [5.41, 5.74) is 7.18. The highest BCUT2D eigenvalue weighted by atomic mass is 79.9. The summed E-state index contributed by atoms with van der Waals surface area (Å²) in [5.74, 6) is 0. The molecule has 2 aromatic carbocycles. The van der Waals surface area contributed by atoms with Crippen LogP contribution < -0.4 is 0 Å². The van der Waals surface area contributed by atoms with Crippen molar-refractivity contribution in [2.45, 2.75) is 23.6 Å². The summed E-state index contributed by atoms with van der Waals surface area (Å²) in [4.78, 5) is 0.439. The topological polar surface area (TPSA) is 0 Å². The van der Waals surface area contributed by atoms with Gasteiger partial charge in [0.25, 0.3) is 0 Å². The van der Waals surface area contributed by atoms with Gasteiger partial charge in [-0.05, 0) is 41.2 Å². The molecule has 2 unspecified atom stereocenters. The minimum Gasteiger partial charge on any atom is -0.0842 e. The molecule has 4 rings (SSSR count). The van der Waals surface area contributed by atoms with Gasteiger partial charge in [0.2, 0.25) is 0 Å². The Hall–Kier alpha value is -1.60. The molecular formula is C20H17Br. The van der Waals surface area contributed by atoms with Gasteiger partial charge in [-0.1, -0.05) is 82.7 Å². The van der Waals surface area contributed by atoms with Crippen LogP contribution in [0.2, 0.25) is 0 Å². The van der Waals surface area contributed by atoms with E-state index in [4.69, 9.17) is 0 Å². The molecule has 0 amide bonds. The van der Waals surface area contributed by atoms with Crippen molar-refractivity contribution in [3.8, 4) is 0 Å². The Labute approximate surface area is 134 Å². The van der Waals surface area contributed by atoms with Crippen LogP contribution in [0.3, 0.4) is 0 Å². The molecule has 1 heteroatoms. The summed E-state index contributed by atoms with van der Waals surface area (Å²) < 4.78 is 0. The number of halogens is 1. The summed E-state index contributed by atoms with van der Waals surface area (Å²) in [6.07, 6.45) is 5.64. The summed E-state index contributed by atoms with van der Waals surface area (Å²) in [6.45, 7) is 2.38. The molecule has 0 heterocycles. The second-order valence-electron chi connectivity index (χ2n) is 6.01. The van der Waals surface area contributed by atoms with E-state index in [1.807, 2.05) is 0 Å². The number of fused-ring (bicyclic) bond motifs is 2. The number of allylic oxidation sites excluding steroid dienone is 4. The lowest BCUT2D eigenvalue weighted by molar-refractivity contribution is 0.656. The zero-order valence-corrected chi connectivity index (χ0v) is 13.6. The van der Waals surface area contributed by atoms with E-state index in [1.165, 1.54) is 22.3 Å². The maximum Gasteiger partial charge on any atom is 0.0398 e. The van der Waals surface area contributed by atoms with Gasteiger partial charge in [-0.2, -0.15) is 0 Å². The standard InChI is InChI=1S/C20H17Br/c1-20(14-7-3-2-4-8-14)18-10-6-5-9-16(18)17-12-11-15(21)13-19(17)20/h2-12,15H,13H2,1H3. The fourth-order valence-corrected chi connectivity index (χ4v) is 4.29. The summed E-state index contributed by atoms with van der Waals surface area (Å²) >= 11 is 3.77. The van der Waals surface area contributed by atoms with Crippen LogP contribution in [0.5, 0.6) is 0 Å². The van der Waals surface area contributed by atoms with Crippen LogP contribution in [0.4, 0.5) is 0 Å². The molecule has 0 bridgehead atoms. The van der Waals surface area contributed by atoms with Crippen molar-refractivity contribution in [2.24, 2.45) is 0 Å². The largest absolute Gasteiger partial charge is 0.0842 e. The Morgan fingerprint density at radius 3 is 2.52 bits per heavy atom. The van der Waals surface area contributed by atoms with Gasteiger partial charge < -0.3 is 0 Å². The van der Waals surface area contributed by atoms with Crippen molar-refractivity contribution in [3.63, 3.8) is 0 Å². The van der Waals surface area contributed by atoms with Crippen LogP contribution in [-0.2, 0) is 5.41 Å². The first-order valence-corrected chi connectivity index (χ1v) is 8.34. The number of alkyl halides is 1. The molecule has 0 aliphatic heterocycles. The van der Waals surface area contributed by atoms with Crippen molar-refractivity contribution in [1.82, 2.24) is 0 Å². The quantitative estimate of drug-likeness (QED) is 0.604. The second-order valence-corrected chi connectivity index (χ2v) is 7.18. The third-order valence-corrected chi connectivity index (χ3v) is 5.54. The predicted molar refractivity (Wildman–Crippen MR) is 92.7 cm³/mol. The first-order valence-electron chi connectivity index (χ1n) is 7.42. The van der Waals surface area contributed by atoms with E-state index >= 15 is 0 Å². The molecule has 2 aliphatic rings. The number of rotatable bonds is 1. The van der Waals surface area contributed by atoms with Crippen LogP contribution >= 0.6 is 15.9 Å². The maximum absolute atomic E-state index is 3.77. The highest BCUT2D eigenvalue weighted by Gasteiger charge is 2.42. The predicted octanol–water partition coefficient (Wildman–Crippen LogP) is 5.48. The Balaban J connectivity index is 2.01. The Morgan fingerprint density at radius 1 is 1.00 bits per heavy atom. The minimum absolute atomic E-state index is 0.00995. The highest BCUT2D eigenvalue weighted by Crippen LogP contribution is 2.53. The zero-order chi connectivity index (χ0) is 14.4. The molecule has 21 heavy (non-hydrogen) atoms. The second kappa shape index (κ2) is 4.71. The molecule has 104 valence electrons. The van der Waals surface area contributed by atoms with Crippen LogP contribution in [0, 0.1) is 0 Å². The van der Waals surface area contributed by atoms with E-state index in [-0.39, 0.29) is 5.41 Å². The van der Waals surface area contributed by atoms with E-state index in [2.05, 4.69) is 89.6 Å². The van der Waals surface area contributed by atoms with Crippen molar-refractivity contribution in [1.29, 1.82) is 0 Å². The molecule has 0 spiro atoms. The first kappa shape index (κ1) is 13.1. The third-order valence-electron chi connectivity index (χ3n) is 4.91. The van der Waals surface area contributed by atoms with E-state index in [9.17, 15) is 0 Å². The first-order chi connectivity index (χ1) is 10.2. The molecule has 0 saturated carbocycles. The van der Waals surface area contributed by atoms with E-state index in [0.29, 0.717) is 4.83 Å². The van der Waals surface area contributed by atoms with Gasteiger partial charge in [-0.3, -0.25) is 0 Å². The van der Waals surface area contributed by atoms with Gasteiger partial charge in [0.1, 0.15) is 0 Å². The third kappa shape index (κ3) is 1.80. The van der Waals surface area contributed by atoms with Gasteiger partial charge in [0, 0.05) is 10.2 Å². The zero-order valence-electron chi connectivity index (χ0n) is 12.0. The number of benzene rings is 2. The van der Waals surface area contributed by atoms with Crippen molar-refractivity contribution < 1.29 is 0 Å². The fraction of sp³-hybridized carbons (Fsp3) is 0.200. The number of hydrogen-bond donors (Lipinski definition) is 0. The van der Waals surface area contributed by atoms with E-state index in [0.717, 1.165) is 6.42 Å². The van der Waals surface area contributed by atoms with Crippen LogP contribution in [0.25, 0.3) is 5.57 Å². The van der Waals surface area contributed by atoms with Crippen LogP contribution in [0.15, 0.2) is 72.3 Å². The molecule has 2 atom stereocenters. The highest BCUT2D eigenvalue weighted by molar-refractivity contribution is 9.09. The van der Waals surface area contributed by atoms with Gasteiger partial charge in [-0.15, -0.1) is 0 Å². The number of hydrogen-bond acceptors (Lipinski definition) is 0. The summed E-state index contributed by atoms with van der Waals surface area (Å²) in [5, 5.41) is 0. The Kier molecular flexibility index (Phi) is 2.93. The lowest BCUT2D eigenvalue weighted by Gasteiger charge is -2.32. The average Bonchev–Trinajstić information content (AvgIpc) is 2.79. The monoisotopic (exact) mass is 336 g/mol. The minimum atomic E-state index is -0.00995. The van der Waals surface area contributed by atoms with Gasteiger partial charge in [-0.25, -0.2) is 0 Å². The maximum atomic E-state index is 3.77. The molecule has 2 aromatic rings. The Morgan fingerprint density at radius 2 is 1.71 bits per heavy atom. The fourth-order valence-electron chi connectivity index (χ4n) is 3.82. The Bertz CT molecular complexity index is 754. The molecule has 0 aromatic heterocycles.